The lowest BCUT2D eigenvalue weighted by Gasteiger charge is -2.38. The molecule has 4 rings (SSSR count). The standard InChI is InChI=1S/C27H28N2O/c1-4-27(29(2)3,19-20-10-6-5-7-11-20)26(30)22-16-14-21(15-17-22)25-18-23-12-8-9-13-24(23)28-25/h5-18,28H,4,19H2,1-3H3. The average Bonchev–Trinajstić information content (AvgIpc) is 3.22. The van der Waals surface area contributed by atoms with Gasteiger partial charge in [0.15, 0.2) is 5.78 Å². The number of ketones is 1. The lowest BCUT2D eigenvalue weighted by Crippen LogP contribution is -2.52. The summed E-state index contributed by atoms with van der Waals surface area (Å²) in [6, 6.07) is 28.7. The van der Waals surface area contributed by atoms with Crippen molar-refractivity contribution in [3.63, 3.8) is 0 Å². The van der Waals surface area contributed by atoms with E-state index < -0.39 is 5.54 Å². The lowest BCUT2D eigenvalue weighted by molar-refractivity contribution is 0.0666. The maximum absolute atomic E-state index is 13.7. The molecule has 0 saturated carbocycles. The van der Waals surface area contributed by atoms with Crippen LogP contribution in [0, 0.1) is 0 Å². The van der Waals surface area contributed by atoms with E-state index in [-0.39, 0.29) is 5.78 Å². The number of Topliss-reactive ketones (excluding diaryl/α,β-unsaturated/α-hetero) is 1. The highest BCUT2D eigenvalue weighted by molar-refractivity contribution is 6.03. The van der Waals surface area contributed by atoms with Gasteiger partial charge in [0, 0.05) is 22.2 Å². The van der Waals surface area contributed by atoms with Gasteiger partial charge >= 0.3 is 0 Å². The molecule has 0 aliphatic heterocycles. The topological polar surface area (TPSA) is 36.1 Å². The molecule has 0 spiro atoms. The van der Waals surface area contributed by atoms with Crippen molar-refractivity contribution < 1.29 is 4.79 Å². The van der Waals surface area contributed by atoms with Gasteiger partial charge in [-0.2, -0.15) is 0 Å². The van der Waals surface area contributed by atoms with Gasteiger partial charge in [0.1, 0.15) is 0 Å². The van der Waals surface area contributed by atoms with Crippen molar-refractivity contribution >= 4 is 16.7 Å². The second-order valence-corrected chi connectivity index (χ2v) is 8.12. The number of aromatic nitrogens is 1. The highest BCUT2D eigenvalue weighted by Gasteiger charge is 2.39. The van der Waals surface area contributed by atoms with Gasteiger partial charge in [-0.1, -0.05) is 79.7 Å². The molecule has 0 aliphatic rings. The van der Waals surface area contributed by atoms with Crippen LogP contribution in [0.1, 0.15) is 29.3 Å². The summed E-state index contributed by atoms with van der Waals surface area (Å²) in [5.74, 6) is 0.169. The van der Waals surface area contributed by atoms with Crippen molar-refractivity contribution in [2.45, 2.75) is 25.3 Å². The van der Waals surface area contributed by atoms with Crippen molar-refractivity contribution in [2.75, 3.05) is 14.1 Å². The minimum Gasteiger partial charge on any atom is -0.355 e. The number of nitrogens with zero attached hydrogens (tertiary/aromatic N) is 1. The molecule has 1 atom stereocenters. The number of carbonyl (C=O) groups excluding carboxylic acids is 1. The first-order valence-corrected chi connectivity index (χ1v) is 10.5. The first kappa shape index (κ1) is 20.1. The normalized spacial score (nSPS) is 13.5. The second kappa shape index (κ2) is 8.29. The molecular weight excluding hydrogens is 368 g/mol. The van der Waals surface area contributed by atoms with Crippen LogP contribution in [0.25, 0.3) is 22.2 Å². The van der Waals surface area contributed by atoms with Crippen LogP contribution in [0.3, 0.4) is 0 Å². The van der Waals surface area contributed by atoms with Gasteiger partial charge in [-0.05, 0) is 50.2 Å². The van der Waals surface area contributed by atoms with Crippen LogP contribution >= 0.6 is 0 Å². The lowest BCUT2D eigenvalue weighted by atomic mass is 9.80. The van der Waals surface area contributed by atoms with E-state index in [0.29, 0.717) is 6.42 Å². The monoisotopic (exact) mass is 396 g/mol. The van der Waals surface area contributed by atoms with Crippen LogP contribution in [0.5, 0.6) is 0 Å². The van der Waals surface area contributed by atoms with Crippen LogP contribution in [0.4, 0.5) is 0 Å². The van der Waals surface area contributed by atoms with E-state index in [1.165, 1.54) is 10.9 Å². The molecule has 0 aliphatic carbocycles. The summed E-state index contributed by atoms with van der Waals surface area (Å²) in [4.78, 5) is 19.2. The fourth-order valence-electron chi connectivity index (χ4n) is 4.28. The number of likely N-dealkylation sites (N-methyl/N-ethyl adjacent to an activating group) is 1. The van der Waals surface area contributed by atoms with Gasteiger partial charge < -0.3 is 4.98 Å². The molecule has 1 N–H and O–H groups in total. The molecule has 3 heteroatoms. The minimum absolute atomic E-state index is 0.169. The molecule has 1 unspecified atom stereocenters. The molecule has 30 heavy (non-hydrogen) atoms. The maximum atomic E-state index is 13.7. The zero-order valence-corrected chi connectivity index (χ0v) is 17.9. The molecule has 3 nitrogen and oxygen atoms in total. The SMILES string of the molecule is CCC(Cc1ccccc1)(C(=O)c1ccc(-c2cc3ccccc3[nH]2)cc1)N(C)C. The van der Waals surface area contributed by atoms with Gasteiger partial charge in [-0.15, -0.1) is 0 Å². The second-order valence-electron chi connectivity index (χ2n) is 8.12. The van der Waals surface area contributed by atoms with E-state index in [4.69, 9.17) is 0 Å². The quantitative estimate of drug-likeness (QED) is 0.391. The van der Waals surface area contributed by atoms with E-state index in [9.17, 15) is 4.79 Å². The van der Waals surface area contributed by atoms with E-state index in [2.05, 4.69) is 47.1 Å². The number of benzene rings is 3. The number of nitrogens with one attached hydrogen (secondary N) is 1. The minimum atomic E-state index is -0.565. The van der Waals surface area contributed by atoms with Gasteiger partial charge in [0.05, 0.1) is 5.54 Å². The average molecular weight is 397 g/mol. The fourth-order valence-corrected chi connectivity index (χ4v) is 4.28. The largest absolute Gasteiger partial charge is 0.355 e. The third-order valence-electron chi connectivity index (χ3n) is 6.19. The number of hydrogen-bond donors (Lipinski definition) is 1. The first-order chi connectivity index (χ1) is 14.5. The summed E-state index contributed by atoms with van der Waals surface area (Å²) in [5.41, 5.74) is 4.63. The Hall–Kier alpha value is -3.17. The Bertz CT molecular complexity index is 1110. The number of hydrogen-bond acceptors (Lipinski definition) is 2. The molecule has 1 heterocycles. The highest BCUT2D eigenvalue weighted by Crippen LogP contribution is 2.29. The van der Waals surface area contributed by atoms with E-state index in [0.717, 1.165) is 28.8 Å². The number of carbonyl (C=O) groups is 1. The zero-order chi connectivity index (χ0) is 21.1. The highest BCUT2D eigenvalue weighted by atomic mass is 16.1. The van der Waals surface area contributed by atoms with Crippen molar-refractivity contribution in [1.82, 2.24) is 9.88 Å². The van der Waals surface area contributed by atoms with Crippen molar-refractivity contribution in [3.05, 3.63) is 96.1 Å². The Morgan fingerprint density at radius 2 is 1.57 bits per heavy atom. The molecular formula is C27H28N2O. The molecule has 0 bridgehead atoms. The summed E-state index contributed by atoms with van der Waals surface area (Å²) in [6.07, 6.45) is 1.44. The fraction of sp³-hybridized carbons (Fsp3) is 0.222. The van der Waals surface area contributed by atoms with Crippen LogP contribution in [-0.2, 0) is 6.42 Å². The Morgan fingerprint density at radius 1 is 0.900 bits per heavy atom. The van der Waals surface area contributed by atoms with Crippen molar-refractivity contribution in [1.29, 1.82) is 0 Å². The smallest absolute Gasteiger partial charge is 0.183 e. The van der Waals surface area contributed by atoms with Crippen molar-refractivity contribution in [2.24, 2.45) is 0 Å². The number of H-pyrrole nitrogens is 1. The summed E-state index contributed by atoms with van der Waals surface area (Å²) in [5, 5.41) is 1.19. The van der Waals surface area contributed by atoms with Crippen LogP contribution in [-0.4, -0.2) is 35.3 Å². The third kappa shape index (κ3) is 3.69. The molecule has 0 amide bonds. The van der Waals surface area contributed by atoms with Crippen molar-refractivity contribution in [3.8, 4) is 11.3 Å². The molecule has 3 aromatic carbocycles. The predicted molar refractivity (Wildman–Crippen MR) is 125 cm³/mol. The Kier molecular flexibility index (Phi) is 5.56. The third-order valence-corrected chi connectivity index (χ3v) is 6.19. The zero-order valence-electron chi connectivity index (χ0n) is 17.9. The number of para-hydroxylation sites is 1. The number of aromatic amines is 1. The molecule has 152 valence electrons. The molecule has 0 saturated heterocycles. The van der Waals surface area contributed by atoms with Gasteiger partial charge in [0.25, 0.3) is 0 Å². The number of rotatable bonds is 7. The van der Waals surface area contributed by atoms with Gasteiger partial charge in [-0.25, -0.2) is 0 Å². The Labute approximate surface area is 178 Å². The van der Waals surface area contributed by atoms with Gasteiger partial charge in [-0.3, -0.25) is 9.69 Å². The van der Waals surface area contributed by atoms with Crippen LogP contribution < -0.4 is 0 Å². The predicted octanol–water partition coefficient (Wildman–Crippen LogP) is 5.97. The molecule has 1 aromatic heterocycles. The first-order valence-electron chi connectivity index (χ1n) is 10.5. The maximum Gasteiger partial charge on any atom is 0.183 e. The molecule has 0 radical (unpaired) electrons. The summed E-state index contributed by atoms with van der Waals surface area (Å²) in [7, 11) is 4.01. The summed E-state index contributed by atoms with van der Waals surface area (Å²) in [6.45, 7) is 2.10. The number of fused-ring (bicyclic) bond motifs is 1. The Balaban J connectivity index is 1.65. The summed E-state index contributed by atoms with van der Waals surface area (Å²) >= 11 is 0. The van der Waals surface area contributed by atoms with Crippen LogP contribution in [0.15, 0.2) is 84.9 Å². The van der Waals surface area contributed by atoms with E-state index in [1.807, 2.05) is 68.7 Å². The molecule has 0 fully saturated rings. The van der Waals surface area contributed by atoms with Gasteiger partial charge in [0.2, 0.25) is 0 Å². The molecule has 4 aromatic rings. The summed E-state index contributed by atoms with van der Waals surface area (Å²) < 4.78 is 0. The van der Waals surface area contributed by atoms with E-state index in [1.54, 1.807) is 0 Å². The Morgan fingerprint density at radius 3 is 2.20 bits per heavy atom. The van der Waals surface area contributed by atoms with E-state index >= 15 is 0 Å². The van der Waals surface area contributed by atoms with Crippen LogP contribution in [0.2, 0.25) is 0 Å².